The number of methoxy groups -OCH3 is 1. The third-order valence-corrected chi connectivity index (χ3v) is 3.38. The monoisotopic (exact) mass is 343 g/mol. The van der Waals surface area contributed by atoms with Crippen LogP contribution in [0.1, 0.15) is 6.42 Å². The van der Waals surface area contributed by atoms with E-state index in [-0.39, 0.29) is 6.04 Å². The third-order valence-electron chi connectivity index (χ3n) is 2.73. The zero-order valence-electron chi connectivity index (χ0n) is 10.6. The molecule has 19 heavy (non-hydrogen) atoms. The Kier molecular flexibility index (Phi) is 5.36. The van der Waals surface area contributed by atoms with Crippen molar-refractivity contribution in [1.82, 2.24) is 9.97 Å². The van der Waals surface area contributed by atoms with E-state index in [0.29, 0.717) is 12.5 Å². The third kappa shape index (κ3) is 3.78. The Hall–Kier alpha value is -0.910. The van der Waals surface area contributed by atoms with E-state index in [1.54, 1.807) is 19.5 Å². The number of nitrogens with zero attached hydrogens (tertiary/aromatic N) is 2. The molecule has 1 N–H and O–H groups in total. The number of aromatic nitrogens is 2. The summed E-state index contributed by atoms with van der Waals surface area (Å²) in [5, 5.41) is 3.42. The van der Waals surface area contributed by atoms with Crippen molar-refractivity contribution in [2.75, 3.05) is 24.9 Å². The molecule has 0 amide bonds. The molecule has 0 aromatic carbocycles. The summed E-state index contributed by atoms with van der Waals surface area (Å²) in [6, 6.07) is 4.03. The minimum absolute atomic E-state index is 0.165. The van der Waals surface area contributed by atoms with Crippen LogP contribution in [0.5, 0.6) is 0 Å². The van der Waals surface area contributed by atoms with Crippen molar-refractivity contribution in [3.8, 4) is 0 Å². The van der Waals surface area contributed by atoms with Crippen LogP contribution < -0.4 is 5.32 Å². The lowest BCUT2D eigenvalue weighted by Gasteiger charge is -2.18. The molecule has 0 saturated heterocycles. The first kappa shape index (κ1) is 14.5. The fourth-order valence-corrected chi connectivity index (χ4v) is 2.45. The maximum Gasteiger partial charge on any atom is 0.112 e. The van der Waals surface area contributed by atoms with Gasteiger partial charge in [0.2, 0.25) is 0 Å². The summed E-state index contributed by atoms with van der Waals surface area (Å²) in [6.45, 7) is 0.604. The van der Waals surface area contributed by atoms with Crippen LogP contribution in [0.15, 0.2) is 29.0 Å². The van der Waals surface area contributed by atoms with Gasteiger partial charge in [-0.15, -0.1) is 11.6 Å². The van der Waals surface area contributed by atoms with E-state index in [1.165, 1.54) is 0 Å². The number of ether oxygens (including phenoxy) is 1. The Morgan fingerprint density at radius 1 is 1.47 bits per heavy atom. The Balaban J connectivity index is 2.28. The number of halogens is 2. The van der Waals surface area contributed by atoms with Crippen molar-refractivity contribution in [3.05, 3.63) is 29.0 Å². The number of anilines is 1. The Bertz CT molecular complexity index is 546. The minimum atomic E-state index is 0.165. The first-order valence-corrected chi connectivity index (χ1v) is 7.29. The van der Waals surface area contributed by atoms with Gasteiger partial charge in [-0.2, -0.15) is 0 Å². The second-order valence-electron chi connectivity index (χ2n) is 4.15. The highest BCUT2D eigenvalue weighted by molar-refractivity contribution is 9.10. The SMILES string of the molecule is COCC(CCCl)Nc1ccnc2cc(Br)cnc12. The topological polar surface area (TPSA) is 47.0 Å². The maximum absolute atomic E-state index is 5.81. The number of pyridine rings is 2. The molecule has 0 radical (unpaired) electrons. The average Bonchev–Trinajstić information content (AvgIpc) is 2.39. The molecule has 2 aromatic rings. The molecule has 2 aromatic heterocycles. The van der Waals surface area contributed by atoms with Crippen LogP contribution in [0.3, 0.4) is 0 Å². The summed E-state index contributed by atoms with van der Waals surface area (Å²) in [5.74, 6) is 0.586. The molecule has 2 rings (SSSR count). The van der Waals surface area contributed by atoms with Gasteiger partial charge in [-0.3, -0.25) is 9.97 Å². The van der Waals surface area contributed by atoms with Gasteiger partial charge in [0.05, 0.1) is 23.9 Å². The van der Waals surface area contributed by atoms with Crippen molar-refractivity contribution in [1.29, 1.82) is 0 Å². The summed E-state index contributed by atoms with van der Waals surface area (Å²) < 4.78 is 6.11. The number of nitrogens with one attached hydrogen (secondary N) is 1. The molecule has 0 saturated carbocycles. The first-order chi connectivity index (χ1) is 9.24. The Labute approximate surface area is 125 Å². The number of alkyl halides is 1. The van der Waals surface area contributed by atoms with E-state index in [0.717, 1.165) is 27.6 Å². The second kappa shape index (κ2) is 7.03. The van der Waals surface area contributed by atoms with Crippen LogP contribution in [0, 0.1) is 0 Å². The maximum atomic E-state index is 5.81. The average molecular weight is 345 g/mol. The molecule has 102 valence electrons. The van der Waals surface area contributed by atoms with E-state index in [9.17, 15) is 0 Å². The number of rotatable bonds is 6. The summed E-state index contributed by atoms with van der Waals surface area (Å²) in [7, 11) is 1.68. The van der Waals surface area contributed by atoms with Gasteiger partial charge < -0.3 is 10.1 Å². The van der Waals surface area contributed by atoms with Crippen LogP contribution in [0.2, 0.25) is 0 Å². The Morgan fingerprint density at radius 2 is 2.32 bits per heavy atom. The van der Waals surface area contributed by atoms with Gasteiger partial charge in [-0.25, -0.2) is 0 Å². The fraction of sp³-hybridized carbons (Fsp3) is 0.385. The number of hydrogen-bond acceptors (Lipinski definition) is 4. The largest absolute Gasteiger partial charge is 0.383 e. The van der Waals surface area contributed by atoms with Crippen LogP contribution >= 0.6 is 27.5 Å². The van der Waals surface area contributed by atoms with Crippen molar-refractivity contribution < 1.29 is 4.74 Å². The van der Waals surface area contributed by atoms with Crippen molar-refractivity contribution in [2.24, 2.45) is 0 Å². The van der Waals surface area contributed by atoms with Crippen LogP contribution in [-0.2, 0) is 4.74 Å². The van der Waals surface area contributed by atoms with E-state index < -0.39 is 0 Å². The molecule has 0 spiro atoms. The predicted octanol–water partition coefficient (Wildman–Crippen LogP) is 3.45. The molecule has 1 unspecified atom stereocenters. The summed E-state index contributed by atoms with van der Waals surface area (Å²) in [4.78, 5) is 8.72. The molecular formula is C13H15BrClN3O. The fourth-order valence-electron chi connectivity index (χ4n) is 1.87. The van der Waals surface area contributed by atoms with E-state index >= 15 is 0 Å². The highest BCUT2D eigenvalue weighted by Gasteiger charge is 2.11. The smallest absolute Gasteiger partial charge is 0.112 e. The summed E-state index contributed by atoms with van der Waals surface area (Å²) in [5.41, 5.74) is 2.65. The van der Waals surface area contributed by atoms with Crippen LogP contribution in [0.4, 0.5) is 5.69 Å². The lowest BCUT2D eigenvalue weighted by atomic mass is 10.2. The molecule has 6 heteroatoms. The molecule has 0 bridgehead atoms. The van der Waals surface area contributed by atoms with Gasteiger partial charge in [-0.1, -0.05) is 0 Å². The molecular weight excluding hydrogens is 330 g/mol. The Morgan fingerprint density at radius 3 is 3.05 bits per heavy atom. The standard InChI is InChI=1S/C13H15BrClN3O/c1-19-8-10(2-4-15)18-11-3-5-16-12-6-9(14)7-17-13(11)12/h3,5-7,10H,2,4,8H2,1H3,(H,16,18). The highest BCUT2D eigenvalue weighted by atomic mass is 79.9. The van der Waals surface area contributed by atoms with Crippen molar-refractivity contribution in [2.45, 2.75) is 12.5 Å². The minimum Gasteiger partial charge on any atom is -0.383 e. The summed E-state index contributed by atoms with van der Waals surface area (Å²) in [6.07, 6.45) is 4.36. The van der Waals surface area contributed by atoms with Crippen molar-refractivity contribution >= 4 is 44.3 Å². The van der Waals surface area contributed by atoms with Crippen LogP contribution in [0.25, 0.3) is 11.0 Å². The predicted molar refractivity (Wildman–Crippen MR) is 81.9 cm³/mol. The lowest BCUT2D eigenvalue weighted by Crippen LogP contribution is -2.25. The molecule has 0 aliphatic rings. The molecule has 0 fully saturated rings. The van der Waals surface area contributed by atoms with Gasteiger partial charge >= 0.3 is 0 Å². The van der Waals surface area contributed by atoms with Gasteiger partial charge in [-0.05, 0) is 34.5 Å². The zero-order chi connectivity index (χ0) is 13.7. The van der Waals surface area contributed by atoms with E-state index in [2.05, 4.69) is 31.2 Å². The quantitative estimate of drug-likeness (QED) is 0.815. The van der Waals surface area contributed by atoms with Gasteiger partial charge in [0.1, 0.15) is 5.52 Å². The number of fused-ring (bicyclic) bond motifs is 1. The normalized spacial score (nSPS) is 12.6. The van der Waals surface area contributed by atoms with Gasteiger partial charge in [0, 0.05) is 29.9 Å². The first-order valence-electron chi connectivity index (χ1n) is 5.96. The van der Waals surface area contributed by atoms with Crippen LogP contribution in [-0.4, -0.2) is 35.6 Å². The van der Waals surface area contributed by atoms with Gasteiger partial charge in [0.25, 0.3) is 0 Å². The van der Waals surface area contributed by atoms with E-state index in [4.69, 9.17) is 16.3 Å². The number of hydrogen-bond donors (Lipinski definition) is 1. The molecule has 0 aliphatic carbocycles. The van der Waals surface area contributed by atoms with Crippen molar-refractivity contribution in [3.63, 3.8) is 0 Å². The lowest BCUT2D eigenvalue weighted by molar-refractivity contribution is 0.184. The molecule has 2 heterocycles. The van der Waals surface area contributed by atoms with Gasteiger partial charge in [0.15, 0.2) is 0 Å². The zero-order valence-corrected chi connectivity index (χ0v) is 12.9. The molecule has 1 atom stereocenters. The molecule has 4 nitrogen and oxygen atoms in total. The summed E-state index contributed by atoms with van der Waals surface area (Å²) >= 11 is 9.20. The molecule has 0 aliphatic heterocycles. The highest BCUT2D eigenvalue weighted by Crippen LogP contribution is 2.23. The van der Waals surface area contributed by atoms with E-state index in [1.807, 2.05) is 12.1 Å². The second-order valence-corrected chi connectivity index (χ2v) is 5.45.